The Labute approximate surface area is 111 Å². The minimum atomic E-state index is -0.603. The summed E-state index contributed by atoms with van der Waals surface area (Å²) in [6.45, 7) is 0.367. The summed E-state index contributed by atoms with van der Waals surface area (Å²) >= 11 is 0. The van der Waals surface area contributed by atoms with E-state index in [-0.39, 0.29) is 5.91 Å². The van der Waals surface area contributed by atoms with Gasteiger partial charge in [-0.05, 0) is 5.56 Å². The van der Waals surface area contributed by atoms with E-state index < -0.39 is 6.10 Å². The molecule has 0 spiro atoms. The number of aromatic amines is 1. The third-order valence-electron chi connectivity index (χ3n) is 2.79. The van der Waals surface area contributed by atoms with Crippen molar-refractivity contribution in [3.63, 3.8) is 0 Å². The maximum atomic E-state index is 12.3. The fourth-order valence-corrected chi connectivity index (χ4v) is 1.82. The van der Waals surface area contributed by atoms with Crippen LogP contribution in [0.25, 0.3) is 0 Å². The summed E-state index contributed by atoms with van der Waals surface area (Å²) in [6.07, 6.45) is 0.813. The standard InChI is InChI=1S/C13H16N4O2/c1-17(8-11-14-9-15-16-11)13(18)12(19-2)10-6-4-3-5-7-10/h3-7,9,12H,8H2,1-2H3,(H,14,15,16). The Kier molecular flexibility index (Phi) is 4.25. The molecule has 100 valence electrons. The van der Waals surface area contributed by atoms with Crippen LogP contribution in [0.4, 0.5) is 0 Å². The normalized spacial score (nSPS) is 12.1. The molecule has 1 atom stereocenters. The van der Waals surface area contributed by atoms with Crippen molar-refractivity contribution < 1.29 is 9.53 Å². The number of H-pyrrole nitrogens is 1. The highest BCUT2D eigenvalue weighted by Gasteiger charge is 2.23. The van der Waals surface area contributed by atoms with E-state index in [9.17, 15) is 4.79 Å². The van der Waals surface area contributed by atoms with E-state index in [0.29, 0.717) is 12.4 Å². The molecule has 0 aliphatic rings. The third-order valence-corrected chi connectivity index (χ3v) is 2.79. The quantitative estimate of drug-likeness (QED) is 0.875. The molecular weight excluding hydrogens is 244 g/mol. The van der Waals surface area contributed by atoms with Gasteiger partial charge in [-0.3, -0.25) is 9.89 Å². The average Bonchev–Trinajstić information content (AvgIpc) is 2.93. The minimum absolute atomic E-state index is 0.120. The smallest absolute Gasteiger partial charge is 0.256 e. The molecule has 0 bridgehead atoms. The Morgan fingerprint density at radius 2 is 2.16 bits per heavy atom. The van der Waals surface area contributed by atoms with Crippen LogP contribution >= 0.6 is 0 Å². The number of nitrogens with zero attached hydrogens (tertiary/aromatic N) is 3. The lowest BCUT2D eigenvalue weighted by molar-refractivity contribution is -0.141. The largest absolute Gasteiger partial charge is 0.367 e. The SMILES string of the molecule is COC(C(=O)N(C)Cc1ncn[nH]1)c1ccccc1. The Balaban J connectivity index is 2.08. The van der Waals surface area contributed by atoms with Gasteiger partial charge in [0, 0.05) is 14.2 Å². The zero-order valence-corrected chi connectivity index (χ0v) is 10.9. The number of methoxy groups -OCH3 is 1. The van der Waals surface area contributed by atoms with Gasteiger partial charge in [-0.15, -0.1) is 0 Å². The molecule has 0 aliphatic heterocycles. The Bertz CT molecular complexity index is 513. The molecular formula is C13H16N4O2. The number of aromatic nitrogens is 3. The van der Waals surface area contributed by atoms with Crippen LogP contribution in [0.5, 0.6) is 0 Å². The van der Waals surface area contributed by atoms with Crippen molar-refractivity contribution in [1.29, 1.82) is 0 Å². The predicted octanol–water partition coefficient (Wildman–Crippen LogP) is 1.15. The van der Waals surface area contributed by atoms with Crippen LogP contribution in [-0.2, 0) is 16.1 Å². The molecule has 6 heteroatoms. The Hall–Kier alpha value is -2.21. The topological polar surface area (TPSA) is 71.1 Å². The lowest BCUT2D eigenvalue weighted by Gasteiger charge is -2.22. The van der Waals surface area contributed by atoms with Gasteiger partial charge in [0.15, 0.2) is 6.10 Å². The lowest BCUT2D eigenvalue weighted by atomic mass is 10.1. The molecule has 2 rings (SSSR count). The van der Waals surface area contributed by atoms with Gasteiger partial charge in [0.2, 0.25) is 0 Å². The summed E-state index contributed by atoms with van der Waals surface area (Å²) in [4.78, 5) is 17.9. The van der Waals surface area contributed by atoms with Crippen LogP contribution in [0.15, 0.2) is 36.7 Å². The molecule has 6 nitrogen and oxygen atoms in total. The number of amides is 1. The first-order chi connectivity index (χ1) is 9.22. The second-order valence-electron chi connectivity index (χ2n) is 4.15. The molecule has 1 unspecified atom stereocenters. The second-order valence-corrected chi connectivity index (χ2v) is 4.15. The molecule has 2 aromatic rings. The van der Waals surface area contributed by atoms with E-state index in [1.807, 2.05) is 30.3 Å². The first-order valence-corrected chi connectivity index (χ1v) is 5.89. The molecule has 0 saturated heterocycles. The fourth-order valence-electron chi connectivity index (χ4n) is 1.82. The highest BCUT2D eigenvalue weighted by Crippen LogP contribution is 2.19. The molecule has 1 heterocycles. The van der Waals surface area contributed by atoms with Crippen LogP contribution in [0.2, 0.25) is 0 Å². The highest BCUT2D eigenvalue weighted by atomic mass is 16.5. The van der Waals surface area contributed by atoms with Crippen LogP contribution < -0.4 is 0 Å². The van der Waals surface area contributed by atoms with Crippen LogP contribution in [-0.4, -0.2) is 40.1 Å². The van der Waals surface area contributed by atoms with Gasteiger partial charge in [-0.2, -0.15) is 5.10 Å². The van der Waals surface area contributed by atoms with E-state index in [0.717, 1.165) is 5.56 Å². The lowest BCUT2D eigenvalue weighted by Crippen LogP contribution is -2.32. The number of carbonyl (C=O) groups excluding carboxylic acids is 1. The van der Waals surface area contributed by atoms with Crippen molar-refractivity contribution >= 4 is 5.91 Å². The van der Waals surface area contributed by atoms with E-state index in [4.69, 9.17) is 4.74 Å². The summed E-state index contributed by atoms with van der Waals surface area (Å²) in [6, 6.07) is 9.40. The van der Waals surface area contributed by atoms with Crippen molar-refractivity contribution in [3.05, 3.63) is 48.0 Å². The summed E-state index contributed by atoms with van der Waals surface area (Å²) in [5.41, 5.74) is 0.833. The van der Waals surface area contributed by atoms with E-state index in [1.54, 1.807) is 11.9 Å². The first kappa shape index (κ1) is 13.2. The van der Waals surface area contributed by atoms with Gasteiger partial charge in [0.25, 0.3) is 5.91 Å². The first-order valence-electron chi connectivity index (χ1n) is 5.89. The number of likely N-dealkylation sites (N-methyl/N-ethyl adjacent to an activating group) is 1. The molecule has 1 aromatic heterocycles. The number of ether oxygens (including phenoxy) is 1. The number of hydrogen-bond donors (Lipinski definition) is 1. The van der Waals surface area contributed by atoms with Crippen LogP contribution in [0.3, 0.4) is 0 Å². The van der Waals surface area contributed by atoms with Gasteiger partial charge in [0.1, 0.15) is 12.2 Å². The Morgan fingerprint density at radius 3 is 2.74 bits per heavy atom. The fraction of sp³-hybridized carbons (Fsp3) is 0.308. The van der Waals surface area contributed by atoms with Crippen molar-refractivity contribution in [1.82, 2.24) is 20.1 Å². The number of carbonyl (C=O) groups is 1. The summed E-state index contributed by atoms with van der Waals surface area (Å²) in [5.74, 6) is 0.517. The summed E-state index contributed by atoms with van der Waals surface area (Å²) < 4.78 is 5.30. The Morgan fingerprint density at radius 1 is 1.42 bits per heavy atom. The third kappa shape index (κ3) is 3.17. The monoisotopic (exact) mass is 260 g/mol. The highest BCUT2D eigenvalue weighted by molar-refractivity contribution is 5.82. The van der Waals surface area contributed by atoms with Crippen molar-refractivity contribution in [3.8, 4) is 0 Å². The number of hydrogen-bond acceptors (Lipinski definition) is 4. The van der Waals surface area contributed by atoms with Gasteiger partial charge < -0.3 is 9.64 Å². The van der Waals surface area contributed by atoms with Crippen molar-refractivity contribution in [2.75, 3.05) is 14.2 Å². The van der Waals surface area contributed by atoms with Gasteiger partial charge >= 0.3 is 0 Å². The average molecular weight is 260 g/mol. The maximum Gasteiger partial charge on any atom is 0.256 e. The molecule has 1 amide bonds. The molecule has 19 heavy (non-hydrogen) atoms. The van der Waals surface area contributed by atoms with Gasteiger partial charge in [-0.1, -0.05) is 30.3 Å². The van der Waals surface area contributed by atoms with Gasteiger partial charge in [0.05, 0.1) is 6.54 Å². The van der Waals surface area contributed by atoms with Crippen molar-refractivity contribution in [2.45, 2.75) is 12.6 Å². The number of benzene rings is 1. The zero-order valence-electron chi connectivity index (χ0n) is 10.9. The molecule has 0 fully saturated rings. The van der Waals surface area contributed by atoms with Crippen molar-refractivity contribution in [2.24, 2.45) is 0 Å². The van der Waals surface area contributed by atoms with E-state index in [2.05, 4.69) is 15.2 Å². The van der Waals surface area contributed by atoms with Crippen LogP contribution in [0.1, 0.15) is 17.5 Å². The van der Waals surface area contributed by atoms with E-state index in [1.165, 1.54) is 13.4 Å². The molecule has 0 radical (unpaired) electrons. The maximum absolute atomic E-state index is 12.3. The zero-order chi connectivity index (χ0) is 13.7. The predicted molar refractivity (Wildman–Crippen MR) is 69.0 cm³/mol. The number of rotatable bonds is 5. The van der Waals surface area contributed by atoms with Gasteiger partial charge in [-0.25, -0.2) is 4.98 Å². The second kappa shape index (κ2) is 6.10. The molecule has 1 aromatic carbocycles. The summed E-state index contributed by atoms with van der Waals surface area (Å²) in [5, 5.41) is 6.48. The van der Waals surface area contributed by atoms with E-state index >= 15 is 0 Å². The minimum Gasteiger partial charge on any atom is -0.367 e. The number of nitrogens with one attached hydrogen (secondary N) is 1. The molecule has 0 aliphatic carbocycles. The molecule has 1 N–H and O–H groups in total. The van der Waals surface area contributed by atoms with Crippen LogP contribution in [0, 0.1) is 0 Å². The molecule has 0 saturated carbocycles. The summed E-state index contributed by atoms with van der Waals surface area (Å²) in [7, 11) is 3.23.